The van der Waals surface area contributed by atoms with Gasteiger partial charge in [0.05, 0.1) is 26.3 Å². The lowest BCUT2D eigenvalue weighted by atomic mass is 9.85. The van der Waals surface area contributed by atoms with E-state index in [4.69, 9.17) is 9.47 Å². The van der Waals surface area contributed by atoms with Crippen molar-refractivity contribution in [1.82, 2.24) is 19.7 Å². The number of methoxy groups -OCH3 is 2. The summed E-state index contributed by atoms with van der Waals surface area (Å²) in [6, 6.07) is 6.49. The highest BCUT2D eigenvalue weighted by Gasteiger charge is 2.60. The molecule has 1 aliphatic rings. The van der Waals surface area contributed by atoms with Crippen LogP contribution >= 0.6 is 11.3 Å². The molecule has 1 saturated heterocycles. The zero-order chi connectivity index (χ0) is 26.1. The molecular weight excluding hydrogens is 480 g/mol. The van der Waals surface area contributed by atoms with Crippen molar-refractivity contribution in [3.63, 3.8) is 0 Å². The SMILES string of the molecule is COCC1C[C@@](Cn2cccn2)(C(=O)O)N(C(=O)c2ccc(C(C)(C)C)c(OC)c2)C1c1nccs1. The number of carboxylic acid groups (broad SMARTS) is 1. The van der Waals surface area contributed by atoms with Gasteiger partial charge in [0.25, 0.3) is 5.91 Å². The molecule has 2 aromatic heterocycles. The molecular formula is C26H32N4O5S. The van der Waals surface area contributed by atoms with E-state index < -0.39 is 23.5 Å². The Kier molecular flexibility index (Phi) is 7.19. The van der Waals surface area contributed by atoms with E-state index in [-0.39, 0.29) is 30.9 Å². The number of benzene rings is 1. The van der Waals surface area contributed by atoms with Crippen LogP contribution in [0.15, 0.2) is 48.2 Å². The number of hydrogen-bond acceptors (Lipinski definition) is 7. The molecule has 0 saturated carbocycles. The average Bonchev–Trinajstić information content (AvgIpc) is 3.59. The van der Waals surface area contributed by atoms with Gasteiger partial charge in [-0.2, -0.15) is 5.10 Å². The Morgan fingerprint density at radius 2 is 2.03 bits per heavy atom. The van der Waals surface area contributed by atoms with Crippen LogP contribution in [0.3, 0.4) is 0 Å². The number of carbonyl (C=O) groups is 2. The summed E-state index contributed by atoms with van der Waals surface area (Å²) < 4.78 is 12.7. The van der Waals surface area contributed by atoms with Crippen molar-refractivity contribution in [3.8, 4) is 5.75 Å². The number of likely N-dealkylation sites (tertiary alicyclic amines) is 1. The molecule has 1 fully saturated rings. The molecule has 1 aliphatic heterocycles. The third-order valence-electron chi connectivity index (χ3n) is 6.73. The van der Waals surface area contributed by atoms with Crippen molar-refractivity contribution in [2.24, 2.45) is 5.92 Å². The fraction of sp³-hybridized carbons (Fsp3) is 0.462. The third-order valence-corrected chi connectivity index (χ3v) is 7.57. The van der Waals surface area contributed by atoms with E-state index in [1.54, 1.807) is 55.7 Å². The van der Waals surface area contributed by atoms with E-state index in [0.717, 1.165) is 5.56 Å². The number of amides is 1. The Labute approximate surface area is 214 Å². The molecule has 4 rings (SSSR count). The van der Waals surface area contributed by atoms with Gasteiger partial charge in [0.15, 0.2) is 5.54 Å². The maximum Gasteiger partial charge on any atom is 0.331 e. The van der Waals surface area contributed by atoms with Gasteiger partial charge >= 0.3 is 5.97 Å². The Bertz CT molecular complexity index is 1210. The van der Waals surface area contributed by atoms with Crippen LogP contribution in [0.1, 0.15) is 54.2 Å². The monoisotopic (exact) mass is 512 g/mol. The molecule has 1 aromatic carbocycles. The molecule has 36 heavy (non-hydrogen) atoms. The maximum absolute atomic E-state index is 14.3. The Morgan fingerprint density at radius 3 is 2.58 bits per heavy atom. The Balaban J connectivity index is 1.88. The van der Waals surface area contributed by atoms with Gasteiger partial charge in [0.1, 0.15) is 10.8 Å². The minimum atomic E-state index is -1.56. The van der Waals surface area contributed by atoms with Crippen molar-refractivity contribution < 1.29 is 24.2 Å². The van der Waals surface area contributed by atoms with Crippen LogP contribution in [0.4, 0.5) is 0 Å². The molecule has 0 aliphatic carbocycles. The van der Waals surface area contributed by atoms with Crippen molar-refractivity contribution in [2.75, 3.05) is 20.8 Å². The molecule has 9 nitrogen and oxygen atoms in total. The van der Waals surface area contributed by atoms with Gasteiger partial charge in [0, 0.05) is 42.6 Å². The fourth-order valence-corrected chi connectivity index (χ4v) is 5.96. The highest BCUT2D eigenvalue weighted by Crippen LogP contribution is 2.49. The van der Waals surface area contributed by atoms with E-state index in [0.29, 0.717) is 16.3 Å². The van der Waals surface area contributed by atoms with Crippen LogP contribution in [0.25, 0.3) is 0 Å². The second-order valence-electron chi connectivity index (χ2n) is 10.1. The quantitative estimate of drug-likeness (QED) is 0.486. The first kappa shape index (κ1) is 25.8. The molecule has 10 heteroatoms. The molecule has 1 N–H and O–H groups in total. The van der Waals surface area contributed by atoms with E-state index in [1.807, 2.05) is 11.4 Å². The van der Waals surface area contributed by atoms with Gasteiger partial charge in [-0.05, 0) is 35.6 Å². The highest BCUT2D eigenvalue weighted by atomic mass is 32.1. The molecule has 1 amide bonds. The first-order valence-electron chi connectivity index (χ1n) is 11.7. The fourth-order valence-electron chi connectivity index (χ4n) is 5.14. The summed E-state index contributed by atoms with van der Waals surface area (Å²) in [5.74, 6) is -1.18. The maximum atomic E-state index is 14.3. The zero-order valence-corrected chi connectivity index (χ0v) is 22.0. The van der Waals surface area contributed by atoms with E-state index in [1.165, 1.54) is 16.2 Å². The lowest BCUT2D eigenvalue weighted by Crippen LogP contribution is -2.56. The second-order valence-corrected chi connectivity index (χ2v) is 11.0. The highest BCUT2D eigenvalue weighted by molar-refractivity contribution is 7.09. The molecule has 3 heterocycles. The summed E-state index contributed by atoms with van der Waals surface area (Å²) in [5.41, 5.74) is -0.444. The number of thiazole rings is 1. The van der Waals surface area contributed by atoms with Crippen LogP contribution in [-0.2, 0) is 21.5 Å². The van der Waals surface area contributed by atoms with Gasteiger partial charge in [-0.1, -0.05) is 26.8 Å². The van der Waals surface area contributed by atoms with Crippen molar-refractivity contribution in [3.05, 3.63) is 64.4 Å². The molecule has 3 aromatic rings. The number of carbonyl (C=O) groups excluding carboxylic acids is 1. The molecule has 0 bridgehead atoms. The number of aliphatic carboxylic acids is 1. The number of carboxylic acids is 1. The van der Waals surface area contributed by atoms with Crippen LogP contribution in [0.2, 0.25) is 0 Å². The Hall–Kier alpha value is -3.24. The third kappa shape index (κ3) is 4.62. The normalized spacial score (nSPS) is 22.1. The van der Waals surface area contributed by atoms with E-state index in [9.17, 15) is 14.7 Å². The summed E-state index contributed by atoms with van der Waals surface area (Å²) in [6.45, 7) is 6.50. The number of ether oxygens (including phenoxy) is 2. The van der Waals surface area contributed by atoms with Gasteiger partial charge in [-0.3, -0.25) is 9.48 Å². The van der Waals surface area contributed by atoms with E-state index in [2.05, 4.69) is 30.9 Å². The summed E-state index contributed by atoms with van der Waals surface area (Å²) >= 11 is 1.40. The number of rotatable bonds is 8. The zero-order valence-electron chi connectivity index (χ0n) is 21.2. The minimum Gasteiger partial charge on any atom is -0.496 e. The van der Waals surface area contributed by atoms with Crippen LogP contribution in [-0.4, -0.2) is 63.0 Å². The smallest absolute Gasteiger partial charge is 0.331 e. The topological polar surface area (TPSA) is 107 Å². The van der Waals surface area contributed by atoms with Crippen LogP contribution < -0.4 is 4.74 Å². The molecule has 0 spiro atoms. The predicted molar refractivity (Wildman–Crippen MR) is 135 cm³/mol. The first-order valence-corrected chi connectivity index (χ1v) is 12.6. The molecule has 2 unspecified atom stereocenters. The summed E-state index contributed by atoms with van der Waals surface area (Å²) in [6.07, 6.45) is 5.17. The lowest BCUT2D eigenvalue weighted by molar-refractivity contribution is -0.150. The van der Waals surface area contributed by atoms with Gasteiger partial charge in [-0.25, -0.2) is 9.78 Å². The summed E-state index contributed by atoms with van der Waals surface area (Å²) in [4.78, 5) is 33.3. The van der Waals surface area contributed by atoms with E-state index >= 15 is 0 Å². The molecule has 3 atom stereocenters. The minimum absolute atomic E-state index is 0.000370. The van der Waals surface area contributed by atoms with Crippen LogP contribution in [0, 0.1) is 5.92 Å². The van der Waals surface area contributed by atoms with Gasteiger partial charge < -0.3 is 19.5 Å². The van der Waals surface area contributed by atoms with Crippen molar-refractivity contribution in [2.45, 2.75) is 50.7 Å². The van der Waals surface area contributed by atoms with Crippen molar-refractivity contribution >= 4 is 23.2 Å². The van der Waals surface area contributed by atoms with Crippen LogP contribution in [0.5, 0.6) is 5.75 Å². The second kappa shape index (κ2) is 10.0. The largest absolute Gasteiger partial charge is 0.496 e. The number of nitrogens with zero attached hydrogens (tertiary/aromatic N) is 4. The predicted octanol–water partition coefficient (Wildman–Crippen LogP) is 4.02. The van der Waals surface area contributed by atoms with Gasteiger partial charge in [0.2, 0.25) is 0 Å². The van der Waals surface area contributed by atoms with Gasteiger partial charge in [-0.15, -0.1) is 11.3 Å². The summed E-state index contributed by atoms with van der Waals surface area (Å²) in [5, 5.41) is 17.4. The average molecular weight is 513 g/mol. The number of aromatic nitrogens is 3. The first-order chi connectivity index (χ1) is 17.1. The number of hydrogen-bond donors (Lipinski definition) is 1. The lowest BCUT2D eigenvalue weighted by Gasteiger charge is -2.37. The molecule has 0 radical (unpaired) electrons. The summed E-state index contributed by atoms with van der Waals surface area (Å²) in [7, 11) is 3.15. The Morgan fingerprint density at radius 1 is 1.25 bits per heavy atom. The molecule has 192 valence electrons. The van der Waals surface area contributed by atoms with Crippen molar-refractivity contribution in [1.29, 1.82) is 0 Å². The standard InChI is InChI=1S/C26H32N4O5S/c1-25(2,3)19-8-7-17(13-20(19)35-5)23(31)30-21(22-27-10-12-36-22)18(15-34-4)14-26(30,24(32)33)16-29-11-6-9-28-29/h6-13,18,21H,14-16H2,1-5H3,(H,32,33)/t18?,21?,26-/m1/s1.